The van der Waals surface area contributed by atoms with E-state index in [-0.39, 0.29) is 58.4 Å². The van der Waals surface area contributed by atoms with Crippen molar-refractivity contribution >= 4 is 43.8 Å². The minimum Gasteiger partial charge on any atom is -1.00 e. The van der Waals surface area contributed by atoms with Crippen molar-refractivity contribution in [3.63, 3.8) is 0 Å². The maximum Gasteiger partial charge on any atom is 1.00 e. The molecule has 0 radical (unpaired) electrons. The van der Waals surface area contributed by atoms with Gasteiger partial charge in [0, 0.05) is 0 Å². The number of hydrogen-bond acceptors (Lipinski definition) is 6. The first-order chi connectivity index (χ1) is 11.0. The minimum atomic E-state index is -4.65. The van der Waals surface area contributed by atoms with Gasteiger partial charge in [0.2, 0.25) is 0 Å². The van der Waals surface area contributed by atoms with E-state index in [1.807, 2.05) is 0 Å². The van der Waals surface area contributed by atoms with Gasteiger partial charge in [0.15, 0.2) is 0 Å². The molecule has 6 N–H and O–H groups in total. The molecule has 8 nitrogen and oxygen atoms in total. The third-order valence-corrected chi connectivity index (χ3v) is 5.06. The van der Waals surface area contributed by atoms with E-state index in [9.17, 15) is 25.9 Å². The molecule has 0 aliphatic carbocycles. The Kier molecular flexibility index (Phi) is 6.81. The molecule has 0 saturated carbocycles. The largest absolute Gasteiger partial charge is 1.00 e. The fourth-order valence-corrected chi connectivity index (χ4v) is 3.60. The first-order valence-corrected chi connectivity index (χ1v) is 9.30. The van der Waals surface area contributed by atoms with Crippen molar-refractivity contribution < 1.29 is 56.9 Å². The number of benzene rings is 2. The molecule has 0 unspecified atom stereocenters. The van der Waals surface area contributed by atoms with Crippen LogP contribution in [0, 0.1) is 0 Å². The zero-order valence-electron chi connectivity index (χ0n) is 14.1. The van der Waals surface area contributed by atoms with Crippen LogP contribution in [0.2, 0.25) is 0 Å². The molecule has 0 amide bonds. The zero-order chi connectivity index (χ0) is 18.1. The molecule has 11 heteroatoms. The second kappa shape index (κ2) is 7.87. The van der Waals surface area contributed by atoms with Crippen molar-refractivity contribution in [1.82, 2.24) is 0 Å². The van der Waals surface area contributed by atoms with Crippen molar-refractivity contribution in [2.75, 3.05) is 11.5 Å². The van der Waals surface area contributed by atoms with Crippen LogP contribution in [-0.2, 0) is 20.2 Å². The molecule has 0 aliphatic heterocycles. The fraction of sp³-hybridized carbons (Fsp3) is 0. The Morgan fingerprint density at radius 1 is 0.840 bits per heavy atom. The molecule has 0 aromatic heterocycles. The molecule has 25 heavy (non-hydrogen) atoms. The van der Waals surface area contributed by atoms with Crippen LogP contribution in [-0.4, -0.2) is 25.9 Å². The SMILES string of the molecule is Nc1ccc(C=Cc2ccccc2S(=O)(=O)O)c(S(=O)(=O)O)c1N.[H-].[Na+]. The summed E-state index contributed by atoms with van der Waals surface area (Å²) in [6, 6.07) is 8.21. The van der Waals surface area contributed by atoms with Gasteiger partial charge in [-0.1, -0.05) is 36.4 Å². The molecule has 0 aliphatic rings. The summed E-state index contributed by atoms with van der Waals surface area (Å²) in [5.41, 5.74) is 10.9. The average Bonchev–Trinajstić information content (AvgIpc) is 2.46. The van der Waals surface area contributed by atoms with Gasteiger partial charge >= 0.3 is 29.6 Å². The summed E-state index contributed by atoms with van der Waals surface area (Å²) in [4.78, 5) is -0.929. The van der Waals surface area contributed by atoms with E-state index in [0.29, 0.717) is 0 Å². The van der Waals surface area contributed by atoms with Crippen LogP contribution in [0.15, 0.2) is 46.2 Å². The molecule has 0 atom stereocenters. The molecule has 2 aromatic carbocycles. The van der Waals surface area contributed by atoms with E-state index in [1.165, 1.54) is 48.6 Å². The summed E-state index contributed by atoms with van der Waals surface area (Å²) in [5, 5.41) is 0. The van der Waals surface area contributed by atoms with Crippen molar-refractivity contribution in [1.29, 1.82) is 0 Å². The van der Waals surface area contributed by atoms with Gasteiger partial charge < -0.3 is 12.9 Å². The Hall–Kier alpha value is -1.40. The van der Waals surface area contributed by atoms with Crippen LogP contribution in [0.1, 0.15) is 12.6 Å². The van der Waals surface area contributed by atoms with Crippen molar-refractivity contribution in [2.45, 2.75) is 9.79 Å². The molecule has 2 rings (SSSR count). The molecule has 0 fully saturated rings. The van der Waals surface area contributed by atoms with E-state index in [2.05, 4.69) is 0 Å². The standard InChI is InChI=1S/C14H14N2O6S2.Na.H/c15-11-8-7-10(14(13(11)16)24(20,21)22)6-5-9-3-1-2-4-12(9)23(17,18)19;;/h1-8H,15-16H2,(H,17,18,19)(H,20,21,22);;/q;+1;-1. The van der Waals surface area contributed by atoms with Gasteiger partial charge in [0.1, 0.15) is 9.79 Å². The Morgan fingerprint density at radius 2 is 1.40 bits per heavy atom. The maximum atomic E-state index is 11.5. The first kappa shape index (κ1) is 21.6. The summed E-state index contributed by atoms with van der Waals surface area (Å²) in [7, 11) is -9.11. The Balaban J connectivity index is 0.00000312. The van der Waals surface area contributed by atoms with E-state index >= 15 is 0 Å². The predicted octanol–water partition coefficient (Wildman–Crippen LogP) is -1.37. The molecular formula is C14H15N2NaO6S2. The minimum absolute atomic E-state index is 0. The van der Waals surface area contributed by atoms with Gasteiger partial charge in [-0.2, -0.15) is 16.8 Å². The second-order valence-electron chi connectivity index (χ2n) is 4.81. The van der Waals surface area contributed by atoms with Crippen LogP contribution < -0.4 is 41.0 Å². The number of nitrogens with two attached hydrogens (primary N) is 2. The average molecular weight is 394 g/mol. The number of anilines is 2. The Labute approximate surface area is 168 Å². The predicted molar refractivity (Wildman–Crippen MR) is 91.4 cm³/mol. The third kappa shape index (κ3) is 5.05. The van der Waals surface area contributed by atoms with Crippen molar-refractivity contribution in [3.8, 4) is 0 Å². The third-order valence-electron chi connectivity index (χ3n) is 3.16. The molecule has 2 aromatic rings. The van der Waals surface area contributed by atoms with E-state index in [4.69, 9.17) is 11.5 Å². The summed E-state index contributed by atoms with van der Waals surface area (Å²) >= 11 is 0. The first-order valence-electron chi connectivity index (χ1n) is 6.42. The summed E-state index contributed by atoms with van der Waals surface area (Å²) in [6.45, 7) is 0. The topological polar surface area (TPSA) is 161 Å². The number of hydrogen-bond donors (Lipinski definition) is 4. The molecule has 0 saturated heterocycles. The van der Waals surface area contributed by atoms with Crippen LogP contribution in [0.4, 0.5) is 11.4 Å². The summed E-state index contributed by atoms with van der Waals surface area (Å²) in [5.74, 6) is 0. The monoisotopic (exact) mass is 394 g/mol. The van der Waals surface area contributed by atoms with Gasteiger partial charge in [-0.15, -0.1) is 0 Å². The van der Waals surface area contributed by atoms with Gasteiger partial charge in [0.25, 0.3) is 20.2 Å². The van der Waals surface area contributed by atoms with Crippen LogP contribution in [0.25, 0.3) is 12.2 Å². The summed E-state index contributed by atoms with van der Waals surface area (Å²) in [6.07, 6.45) is 2.51. The van der Waals surface area contributed by atoms with E-state index < -0.39 is 25.1 Å². The van der Waals surface area contributed by atoms with Crippen molar-refractivity contribution in [3.05, 3.63) is 47.5 Å². The maximum absolute atomic E-state index is 11.5. The number of rotatable bonds is 4. The summed E-state index contributed by atoms with van der Waals surface area (Å²) < 4.78 is 64.2. The van der Waals surface area contributed by atoms with Crippen LogP contribution in [0.3, 0.4) is 0 Å². The number of nitrogen functional groups attached to an aromatic ring is 2. The second-order valence-corrected chi connectivity index (χ2v) is 7.56. The van der Waals surface area contributed by atoms with Gasteiger partial charge in [-0.05, 0) is 23.3 Å². The quantitative estimate of drug-likeness (QED) is 0.214. The van der Waals surface area contributed by atoms with E-state index in [1.54, 1.807) is 0 Å². The van der Waals surface area contributed by atoms with Gasteiger partial charge in [-0.3, -0.25) is 9.11 Å². The molecular weight excluding hydrogens is 379 g/mol. The Bertz CT molecular complexity index is 1040. The normalized spacial score (nSPS) is 12.1. The molecule has 0 heterocycles. The smallest absolute Gasteiger partial charge is 1.00 e. The molecule has 130 valence electrons. The molecule has 0 spiro atoms. The van der Waals surface area contributed by atoms with Crippen LogP contribution >= 0.6 is 0 Å². The van der Waals surface area contributed by atoms with E-state index in [0.717, 1.165) is 0 Å². The van der Waals surface area contributed by atoms with Crippen molar-refractivity contribution in [2.24, 2.45) is 0 Å². The van der Waals surface area contributed by atoms with Gasteiger partial charge in [0.05, 0.1) is 11.4 Å². The van der Waals surface area contributed by atoms with Gasteiger partial charge in [-0.25, -0.2) is 0 Å². The molecule has 0 bridgehead atoms. The Morgan fingerprint density at radius 3 is 1.96 bits per heavy atom. The zero-order valence-corrected chi connectivity index (χ0v) is 16.8. The van der Waals surface area contributed by atoms with Crippen LogP contribution in [0.5, 0.6) is 0 Å². The fourth-order valence-electron chi connectivity index (χ4n) is 2.08.